The molecule has 2 aliphatic rings. The van der Waals surface area contributed by atoms with Crippen LogP contribution in [0.4, 0.5) is 0 Å². The minimum atomic E-state index is -0.218. The fourth-order valence-corrected chi connectivity index (χ4v) is 4.19. The molecule has 0 N–H and O–H groups in total. The van der Waals surface area contributed by atoms with Gasteiger partial charge in [0.2, 0.25) is 5.89 Å². The van der Waals surface area contributed by atoms with Crippen LogP contribution in [0.25, 0.3) is 0 Å². The monoisotopic (exact) mass is 418 g/mol. The highest BCUT2D eigenvalue weighted by Crippen LogP contribution is 2.32. The molecule has 1 atom stereocenters. The van der Waals surface area contributed by atoms with E-state index in [9.17, 15) is 4.79 Å². The van der Waals surface area contributed by atoms with E-state index in [0.29, 0.717) is 54.2 Å². The summed E-state index contributed by atoms with van der Waals surface area (Å²) in [4.78, 5) is 19.5. The molecule has 2 aromatic rings. The molecule has 2 fully saturated rings. The summed E-state index contributed by atoms with van der Waals surface area (Å²) in [6.07, 6.45) is 5.48. The summed E-state index contributed by atoms with van der Waals surface area (Å²) in [5, 5.41) is 8.03. The number of nitrogens with zero attached hydrogens (tertiary/aromatic N) is 4. The van der Waals surface area contributed by atoms with Crippen molar-refractivity contribution in [2.45, 2.75) is 58.4 Å². The van der Waals surface area contributed by atoms with Crippen molar-refractivity contribution in [3.8, 4) is 0 Å². The molecule has 4 rings (SSSR count). The number of amides is 1. The lowest BCUT2D eigenvalue weighted by Crippen LogP contribution is -2.39. The summed E-state index contributed by atoms with van der Waals surface area (Å²) in [5.74, 6) is 2.14. The summed E-state index contributed by atoms with van der Waals surface area (Å²) < 4.78 is 21.9. The van der Waals surface area contributed by atoms with Crippen LogP contribution in [0, 0.1) is 19.8 Å². The normalized spacial score (nSPS) is 20.6. The molecule has 1 unspecified atom stereocenters. The molecule has 2 aliphatic heterocycles. The average Bonchev–Trinajstić information content (AvgIpc) is 3.38. The van der Waals surface area contributed by atoms with Gasteiger partial charge in [-0.05, 0) is 51.9 Å². The third-order valence-electron chi connectivity index (χ3n) is 5.94. The van der Waals surface area contributed by atoms with Crippen LogP contribution >= 0.6 is 0 Å². The number of rotatable bonds is 7. The molecule has 0 spiro atoms. The number of carbonyl (C=O) groups is 1. The molecule has 0 saturated carbocycles. The number of aromatic nitrogens is 3. The molecule has 2 aromatic heterocycles. The van der Waals surface area contributed by atoms with E-state index in [-0.39, 0.29) is 11.9 Å². The molecule has 1 amide bonds. The van der Waals surface area contributed by atoms with E-state index < -0.39 is 0 Å². The standard InChI is InChI=1S/C21H30N4O5/c1-14-19(15(2)29-23-14)21(26)25-9-4-3-5-17(25)20-22-18(24-30-20)8-12-28-13-16-6-10-27-11-7-16/h16-17H,3-13H2,1-2H3. The summed E-state index contributed by atoms with van der Waals surface area (Å²) >= 11 is 0. The Morgan fingerprint density at radius 1 is 1.13 bits per heavy atom. The second kappa shape index (κ2) is 9.70. The van der Waals surface area contributed by atoms with Gasteiger partial charge in [0.25, 0.3) is 5.91 Å². The molecular weight excluding hydrogens is 388 g/mol. The molecule has 0 aliphatic carbocycles. The van der Waals surface area contributed by atoms with Crippen molar-refractivity contribution in [2.24, 2.45) is 5.92 Å². The highest BCUT2D eigenvalue weighted by atomic mass is 16.5. The highest BCUT2D eigenvalue weighted by molar-refractivity contribution is 5.96. The maximum absolute atomic E-state index is 13.2. The Morgan fingerprint density at radius 2 is 1.97 bits per heavy atom. The van der Waals surface area contributed by atoms with Gasteiger partial charge >= 0.3 is 0 Å². The van der Waals surface area contributed by atoms with E-state index in [2.05, 4.69) is 15.3 Å². The van der Waals surface area contributed by atoms with Gasteiger partial charge in [-0.3, -0.25) is 4.79 Å². The molecule has 30 heavy (non-hydrogen) atoms. The van der Waals surface area contributed by atoms with Crippen LogP contribution in [0.5, 0.6) is 0 Å². The molecule has 9 heteroatoms. The molecule has 9 nitrogen and oxygen atoms in total. The van der Waals surface area contributed by atoms with E-state index in [4.69, 9.17) is 18.5 Å². The van der Waals surface area contributed by atoms with Gasteiger partial charge in [0, 0.05) is 32.8 Å². The maximum atomic E-state index is 13.2. The summed E-state index contributed by atoms with van der Waals surface area (Å²) in [7, 11) is 0. The molecule has 0 bridgehead atoms. The number of aryl methyl sites for hydroxylation is 2. The van der Waals surface area contributed by atoms with Crippen LogP contribution in [-0.4, -0.2) is 59.1 Å². The number of hydrogen-bond acceptors (Lipinski definition) is 8. The predicted molar refractivity (Wildman–Crippen MR) is 106 cm³/mol. The topological polar surface area (TPSA) is 104 Å². The van der Waals surface area contributed by atoms with Crippen LogP contribution in [0.15, 0.2) is 9.05 Å². The van der Waals surface area contributed by atoms with E-state index >= 15 is 0 Å². The second-order valence-corrected chi connectivity index (χ2v) is 8.14. The highest BCUT2D eigenvalue weighted by Gasteiger charge is 2.35. The zero-order valence-corrected chi connectivity index (χ0v) is 17.8. The molecule has 0 aromatic carbocycles. The molecule has 4 heterocycles. The maximum Gasteiger partial charge on any atom is 0.260 e. The van der Waals surface area contributed by atoms with Crippen molar-refractivity contribution in [1.29, 1.82) is 0 Å². The zero-order chi connectivity index (χ0) is 20.9. The van der Waals surface area contributed by atoms with Crippen molar-refractivity contribution in [3.63, 3.8) is 0 Å². The van der Waals surface area contributed by atoms with Crippen LogP contribution in [0.3, 0.4) is 0 Å². The third-order valence-corrected chi connectivity index (χ3v) is 5.94. The number of ether oxygens (including phenoxy) is 2. The van der Waals surface area contributed by atoms with E-state index in [1.54, 1.807) is 13.8 Å². The smallest absolute Gasteiger partial charge is 0.260 e. The van der Waals surface area contributed by atoms with Gasteiger partial charge < -0.3 is 23.4 Å². The van der Waals surface area contributed by atoms with Crippen molar-refractivity contribution >= 4 is 5.91 Å². The largest absolute Gasteiger partial charge is 0.381 e. The van der Waals surface area contributed by atoms with E-state index in [0.717, 1.165) is 51.9 Å². The molecular formula is C21H30N4O5. The summed E-state index contributed by atoms with van der Waals surface area (Å²) in [6.45, 7) is 7.16. The van der Waals surface area contributed by atoms with E-state index in [1.807, 2.05) is 4.90 Å². The first-order chi connectivity index (χ1) is 14.6. The summed E-state index contributed by atoms with van der Waals surface area (Å²) in [6, 6.07) is -0.218. The number of hydrogen-bond donors (Lipinski definition) is 0. The van der Waals surface area contributed by atoms with Crippen LogP contribution < -0.4 is 0 Å². The predicted octanol–water partition coefficient (Wildman–Crippen LogP) is 3.03. The lowest BCUT2D eigenvalue weighted by Gasteiger charge is -2.33. The Hall–Kier alpha value is -2.26. The Kier molecular flexibility index (Phi) is 6.79. The first-order valence-electron chi connectivity index (χ1n) is 10.8. The van der Waals surface area contributed by atoms with Gasteiger partial charge in [-0.15, -0.1) is 0 Å². The number of likely N-dealkylation sites (tertiary alicyclic amines) is 1. The minimum Gasteiger partial charge on any atom is -0.381 e. The first kappa shape index (κ1) is 21.0. The minimum absolute atomic E-state index is 0.0875. The Balaban J connectivity index is 1.35. The SMILES string of the molecule is Cc1noc(C)c1C(=O)N1CCCCC1c1nc(CCOCC2CCOCC2)no1. The quantitative estimate of drug-likeness (QED) is 0.632. The molecule has 0 radical (unpaired) electrons. The fraction of sp³-hybridized carbons (Fsp3) is 0.714. The van der Waals surface area contributed by atoms with Gasteiger partial charge in [-0.2, -0.15) is 4.98 Å². The fourth-order valence-electron chi connectivity index (χ4n) is 4.19. The van der Waals surface area contributed by atoms with Crippen molar-refractivity contribution in [3.05, 3.63) is 28.7 Å². The average molecular weight is 418 g/mol. The van der Waals surface area contributed by atoms with Crippen molar-refractivity contribution in [1.82, 2.24) is 20.2 Å². The van der Waals surface area contributed by atoms with Gasteiger partial charge in [0.05, 0.1) is 12.3 Å². The lowest BCUT2D eigenvalue weighted by molar-refractivity contribution is 0.0211. The summed E-state index contributed by atoms with van der Waals surface area (Å²) in [5.41, 5.74) is 1.14. The van der Waals surface area contributed by atoms with Gasteiger partial charge in [-0.1, -0.05) is 10.3 Å². The Bertz CT molecular complexity index is 823. The van der Waals surface area contributed by atoms with Gasteiger partial charge in [-0.25, -0.2) is 0 Å². The van der Waals surface area contributed by atoms with Crippen LogP contribution in [-0.2, 0) is 15.9 Å². The zero-order valence-electron chi connectivity index (χ0n) is 17.8. The Morgan fingerprint density at radius 3 is 2.73 bits per heavy atom. The third kappa shape index (κ3) is 4.73. The Labute approximate surface area is 176 Å². The second-order valence-electron chi connectivity index (χ2n) is 8.14. The number of piperidine rings is 1. The first-order valence-corrected chi connectivity index (χ1v) is 10.8. The van der Waals surface area contributed by atoms with Gasteiger partial charge in [0.1, 0.15) is 17.4 Å². The van der Waals surface area contributed by atoms with E-state index in [1.165, 1.54) is 0 Å². The molecule has 164 valence electrons. The lowest BCUT2D eigenvalue weighted by atomic mass is 10.00. The van der Waals surface area contributed by atoms with Crippen molar-refractivity contribution < 1.29 is 23.3 Å². The number of carbonyl (C=O) groups excluding carboxylic acids is 1. The van der Waals surface area contributed by atoms with Crippen LogP contribution in [0.1, 0.15) is 71.7 Å². The van der Waals surface area contributed by atoms with Crippen LogP contribution in [0.2, 0.25) is 0 Å². The van der Waals surface area contributed by atoms with Crippen molar-refractivity contribution in [2.75, 3.05) is 33.0 Å². The molecule has 2 saturated heterocycles. The van der Waals surface area contributed by atoms with Gasteiger partial charge in [0.15, 0.2) is 5.82 Å².